The Bertz CT molecular complexity index is 1040. The third-order valence-electron chi connectivity index (χ3n) is 6.10. The zero-order valence-electron chi connectivity index (χ0n) is 19.2. The topological polar surface area (TPSA) is 137 Å². The highest BCUT2D eigenvalue weighted by molar-refractivity contribution is 6.05. The zero-order chi connectivity index (χ0) is 24.7. The van der Waals surface area contributed by atoms with Crippen LogP contribution in [0.4, 0.5) is 5.69 Å². The molecule has 3 amide bonds. The van der Waals surface area contributed by atoms with Crippen LogP contribution in [0.2, 0.25) is 0 Å². The number of hydrogen-bond acceptors (Lipinski definition) is 6. The van der Waals surface area contributed by atoms with Crippen molar-refractivity contribution >= 4 is 40.7 Å². The molecule has 0 aromatic heterocycles. The lowest BCUT2D eigenvalue weighted by atomic mass is 10.1. The molecule has 0 aliphatic carbocycles. The molecule has 34 heavy (non-hydrogen) atoms. The Kier molecular flexibility index (Phi) is 8.55. The number of nitrogens with zero attached hydrogens (tertiary/aromatic N) is 1. The second kappa shape index (κ2) is 11.6. The van der Waals surface area contributed by atoms with Gasteiger partial charge in [-0.2, -0.15) is 0 Å². The van der Waals surface area contributed by atoms with E-state index in [1.165, 1.54) is 4.90 Å². The summed E-state index contributed by atoms with van der Waals surface area (Å²) in [5.41, 5.74) is 0.711. The summed E-state index contributed by atoms with van der Waals surface area (Å²) in [5, 5.41) is 17.5. The summed E-state index contributed by atoms with van der Waals surface area (Å²) in [7, 11) is 1.69. The Hall–Kier alpha value is -3.50. The number of anilines is 1. The van der Waals surface area contributed by atoms with Crippen LogP contribution in [-0.2, 0) is 23.9 Å². The van der Waals surface area contributed by atoms with Crippen LogP contribution in [0, 0.1) is 0 Å². The van der Waals surface area contributed by atoms with E-state index in [1.54, 1.807) is 14.0 Å². The van der Waals surface area contributed by atoms with Crippen molar-refractivity contribution in [3.05, 3.63) is 42.5 Å². The van der Waals surface area contributed by atoms with Gasteiger partial charge in [0, 0.05) is 17.5 Å². The van der Waals surface area contributed by atoms with Crippen LogP contribution in [0.3, 0.4) is 0 Å². The molecule has 10 heteroatoms. The first-order chi connectivity index (χ1) is 16.4. The molecule has 182 valence electrons. The highest BCUT2D eigenvalue weighted by Crippen LogP contribution is 2.30. The summed E-state index contributed by atoms with van der Waals surface area (Å²) in [5.74, 6) is -0.767. The fraction of sp³-hybridized carbons (Fsp3) is 0.417. The lowest BCUT2D eigenvalue weighted by molar-refractivity contribution is -0.147. The first-order valence-corrected chi connectivity index (χ1v) is 11.2. The largest absolute Gasteiger partial charge is 0.483 e. The molecule has 0 saturated carbocycles. The third-order valence-corrected chi connectivity index (χ3v) is 6.10. The minimum absolute atomic E-state index is 0.244. The Balaban J connectivity index is 0.00000103. The van der Waals surface area contributed by atoms with Crippen LogP contribution in [0.15, 0.2) is 42.5 Å². The van der Waals surface area contributed by atoms with Crippen molar-refractivity contribution in [2.45, 2.75) is 50.5 Å². The monoisotopic (exact) mass is 470 g/mol. The van der Waals surface area contributed by atoms with Crippen LogP contribution in [0.5, 0.6) is 0 Å². The van der Waals surface area contributed by atoms with E-state index in [-0.39, 0.29) is 24.2 Å². The van der Waals surface area contributed by atoms with Crippen LogP contribution in [-0.4, -0.2) is 72.2 Å². The molecule has 4 atom stereocenters. The SMILES string of the molecule is CN[C@@H](C)C(=O)N[C@H]1CCO[C@H]2CCC(C(=O)Nc3cccc4ccccc34)N2C1=O.O=CO. The van der Waals surface area contributed by atoms with Gasteiger partial charge in [0.15, 0.2) is 0 Å². The normalized spacial score (nSPS) is 22.6. The minimum atomic E-state index is -0.709. The van der Waals surface area contributed by atoms with Crippen molar-refractivity contribution in [2.24, 2.45) is 0 Å². The molecule has 4 N–H and O–H groups in total. The molecule has 2 aliphatic heterocycles. The first kappa shape index (κ1) is 25.1. The highest BCUT2D eigenvalue weighted by Gasteiger charge is 2.45. The Morgan fingerprint density at radius 3 is 2.59 bits per heavy atom. The van der Waals surface area contributed by atoms with Gasteiger partial charge in [-0.25, -0.2) is 0 Å². The molecule has 1 unspecified atom stereocenters. The summed E-state index contributed by atoms with van der Waals surface area (Å²) < 4.78 is 5.85. The van der Waals surface area contributed by atoms with E-state index in [1.807, 2.05) is 42.5 Å². The van der Waals surface area contributed by atoms with Gasteiger partial charge in [-0.05, 0) is 38.3 Å². The van der Waals surface area contributed by atoms with Gasteiger partial charge in [-0.3, -0.25) is 19.2 Å². The maximum atomic E-state index is 13.3. The molecule has 2 aliphatic rings. The summed E-state index contributed by atoms with van der Waals surface area (Å²) in [6.45, 7) is 1.83. The van der Waals surface area contributed by atoms with E-state index in [4.69, 9.17) is 14.6 Å². The van der Waals surface area contributed by atoms with Crippen molar-refractivity contribution in [2.75, 3.05) is 19.0 Å². The molecule has 10 nitrogen and oxygen atoms in total. The van der Waals surface area contributed by atoms with Crippen molar-refractivity contribution in [1.82, 2.24) is 15.5 Å². The number of nitrogens with one attached hydrogen (secondary N) is 3. The van der Waals surface area contributed by atoms with Crippen molar-refractivity contribution in [3.8, 4) is 0 Å². The van der Waals surface area contributed by atoms with Gasteiger partial charge in [0.1, 0.15) is 18.3 Å². The van der Waals surface area contributed by atoms with E-state index >= 15 is 0 Å². The number of carboxylic acid groups (broad SMARTS) is 1. The molecular formula is C24H30N4O6. The maximum absolute atomic E-state index is 13.3. The minimum Gasteiger partial charge on any atom is -0.483 e. The van der Waals surface area contributed by atoms with Gasteiger partial charge in [-0.15, -0.1) is 0 Å². The van der Waals surface area contributed by atoms with E-state index in [2.05, 4.69) is 16.0 Å². The molecule has 0 spiro atoms. The number of hydrogen-bond donors (Lipinski definition) is 4. The molecule has 2 fully saturated rings. The van der Waals surface area contributed by atoms with E-state index < -0.39 is 24.4 Å². The van der Waals surface area contributed by atoms with Gasteiger partial charge in [0.05, 0.1) is 12.6 Å². The fourth-order valence-electron chi connectivity index (χ4n) is 4.23. The quantitative estimate of drug-likeness (QED) is 0.484. The second-order valence-electron chi connectivity index (χ2n) is 8.15. The number of carbonyl (C=O) groups is 4. The van der Waals surface area contributed by atoms with Crippen molar-refractivity contribution in [3.63, 3.8) is 0 Å². The van der Waals surface area contributed by atoms with E-state index in [0.29, 0.717) is 31.6 Å². The number of likely N-dealkylation sites (N-methyl/N-ethyl adjacent to an activating group) is 1. The maximum Gasteiger partial charge on any atom is 0.290 e. The first-order valence-electron chi connectivity index (χ1n) is 11.2. The van der Waals surface area contributed by atoms with Gasteiger partial charge < -0.3 is 30.7 Å². The number of benzene rings is 2. The Morgan fingerprint density at radius 1 is 1.15 bits per heavy atom. The fourth-order valence-corrected chi connectivity index (χ4v) is 4.23. The van der Waals surface area contributed by atoms with Crippen LogP contribution in [0.1, 0.15) is 26.2 Å². The van der Waals surface area contributed by atoms with Gasteiger partial charge >= 0.3 is 0 Å². The van der Waals surface area contributed by atoms with Gasteiger partial charge in [-0.1, -0.05) is 36.4 Å². The Morgan fingerprint density at radius 2 is 1.85 bits per heavy atom. The second-order valence-corrected chi connectivity index (χ2v) is 8.15. The summed E-state index contributed by atoms with van der Waals surface area (Å²) in [6.07, 6.45) is 1.04. The van der Waals surface area contributed by atoms with Crippen LogP contribution in [0.25, 0.3) is 10.8 Å². The van der Waals surface area contributed by atoms with Gasteiger partial charge in [0.2, 0.25) is 17.7 Å². The molecule has 0 bridgehead atoms. The average Bonchev–Trinajstić information content (AvgIpc) is 3.20. The number of ether oxygens (including phenoxy) is 1. The zero-order valence-corrected chi connectivity index (χ0v) is 19.2. The molecule has 2 saturated heterocycles. The summed E-state index contributed by atoms with van der Waals surface area (Å²) in [4.78, 5) is 48.7. The van der Waals surface area contributed by atoms with E-state index in [9.17, 15) is 14.4 Å². The van der Waals surface area contributed by atoms with Crippen LogP contribution < -0.4 is 16.0 Å². The number of carbonyl (C=O) groups excluding carboxylic acids is 3. The molecule has 2 aromatic rings. The molecule has 4 rings (SSSR count). The Labute approximate surface area is 197 Å². The lowest BCUT2D eigenvalue weighted by Gasteiger charge is -2.30. The molecule has 2 aromatic carbocycles. The van der Waals surface area contributed by atoms with Crippen molar-refractivity contribution < 1.29 is 29.0 Å². The molecular weight excluding hydrogens is 440 g/mol. The summed E-state index contributed by atoms with van der Waals surface area (Å²) in [6, 6.07) is 11.8. The van der Waals surface area contributed by atoms with Gasteiger partial charge in [0.25, 0.3) is 6.47 Å². The third kappa shape index (κ3) is 5.52. The lowest BCUT2D eigenvalue weighted by Crippen LogP contribution is -2.55. The standard InChI is InChI=1S/C23H28N4O4.CH2O2/c1-14(24-2)21(28)26-18-12-13-31-20-11-10-19(27(20)23(18)30)22(29)25-17-9-5-7-15-6-3-4-8-16(15)17;2-1-3/h3-9,14,18-20,24H,10-13H2,1-2H3,(H,25,29)(H,26,28);1H,(H,2,3)/t14-,18-,19?,20-;/m0./s1. The van der Waals surface area contributed by atoms with E-state index in [0.717, 1.165) is 10.8 Å². The molecule has 0 radical (unpaired) electrons. The smallest absolute Gasteiger partial charge is 0.290 e. The number of fused-ring (bicyclic) bond motifs is 2. The van der Waals surface area contributed by atoms with Crippen LogP contribution >= 0.6 is 0 Å². The predicted octanol–water partition coefficient (Wildman–Crippen LogP) is 1.31. The number of amides is 3. The molecule has 2 heterocycles. The number of rotatable bonds is 5. The average molecular weight is 471 g/mol. The predicted molar refractivity (Wildman–Crippen MR) is 126 cm³/mol. The van der Waals surface area contributed by atoms with Crippen molar-refractivity contribution in [1.29, 1.82) is 0 Å². The highest BCUT2D eigenvalue weighted by atomic mass is 16.5. The summed E-state index contributed by atoms with van der Waals surface area (Å²) >= 11 is 0.